The van der Waals surface area contributed by atoms with Crippen LogP contribution in [0.5, 0.6) is 0 Å². The van der Waals surface area contributed by atoms with E-state index in [1.807, 2.05) is 118 Å². The predicted molar refractivity (Wildman–Crippen MR) is 365 cm³/mol. The van der Waals surface area contributed by atoms with E-state index in [-0.39, 0.29) is 96.8 Å². The van der Waals surface area contributed by atoms with Gasteiger partial charge in [0.25, 0.3) is 22.2 Å². The molecular formula is C61H89N25O7. The van der Waals surface area contributed by atoms with Crippen molar-refractivity contribution in [2.24, 2.45) is 0 Å². The maximum absolute atomic E-state index is 11.4. The quantitative estimate of drug-likeness (QED) is 0.102. The van der Waals surface area contributed by atoms with Crippen LogP contribution in [-0.4, -0.2) is 96.8 Å². The number of rotatable bonds is 2. The number of hydrogen-bond acceptors (Lipinski definition) is 21. The summed E-state index contributed by atoms with van der Waals surface area (Å²) < 4.78 is 12.4. The number of aryl methyl sites for hydroxylation is 1. The van der Waals surface area contributed by atoms with E-state index in [2.05, 4.69) is 111 Å². The molecule has 14 N–H and O–H groups in total. The minimum absolute atomic E-state index is 0.0164. The maximum atomic E-state index is 11.4. The molecule has 11 heterocycles. The number of aromatic amines is 4. The minimum atomic E-state index is -0.366. The molecule has 11 aromatic rings. The zero-order chi connectivity index (χ0) is 70.2. The second-order valence-corrected chi connectivity index (χ2v) is 26.9. The van der Waals surface area contributed by atoms with Crippen molar-refractivity contribution in [1.29, 1.82) is 0 Å². The van der Waals surface area contributed by atoms with Gasteiger partial charge in [-0.3, -0.25) is 52.8 Å². The molecule has 500 valence electrons. The summed E-state index contributed by atoms with van der Waals surface area (Å²) in [5.41, 5.74) is 29.0. The first kappa shape index (κ1) is 72.9. The number of nitrogen functional groups attached to an aromatic ring is 5. The van der Waals surface area contributed by atoms with Crippen LogP contribution in [-0.2, 0) is 27.7 Å². The molecule has 0 spiro atoms. The van der Waals surface area contributed by atoms with E-state index in [4.69, 9.17) is 28.7 Å². The topological polar surface area (TPSA) is 463 Å². The van der Waals surface area contributed by atoms with Crippen LogP contribution in [0, 0.1) is 6.92 Å². The Bertz CT molecular complexity index is 4630. The highest BCUT2D eigenvalue weighted by atomic mass is 16.2. The van der Waals surface area contributed by atoms with Crippen LogP contribution in [0.1, 0.15) is 149 Å². The van der Waals surface area contributed by atoms with Gasteiger partial charge < -0.3 is 46.9 Å². The zero-order valence-corrected chi connectivity index (χ0v) is 56.6. The summed E-state index contributed by atoms with van der Waals surface area (Å²) in [7, 11) is 0. The molecule has 0 aliphatic carbocycles. The third-order valence-electron chi connectivity index (χ3n) is 13.4. The van der Waals surface area contributed by atoms with Crippen molar-refractivity contribution in [2.75, 3.05) is 28.7 Å². The Balaban J connectivity index is 0.000000197. The van der Waals surface area contributed by atoms with Crippen molar-refractivity contribution in [3.05, 3.63) is 159 Å². The highest BCUT2D eigenvalue weighted by molar-refractivity contribution is 5.86. The standard InChI is InChI=1S/C10H14N4.C9H13N5.C9H12N4O.C9H14N2O2.C8H11N5O.C8H13N3O.C8H12N2O2/c1-10(2,3)14-5-4-7-8(11)12-6-13-9(7)14;1-9(2,3)14-5-13-6-7(10)11-4-12-8(6)14;1-5(2)13-4-3-6-7(13)11-9(10)12-8(6)14;1-6-5-11(9(2,3)4)8(13)10-7(6)12;1-4(2)13-3-10-5-6(13)11-8(9)12-7(5)14;1-8(2,3)11-5-4-6(9)10-7(11)12;1-8(2,3)10-5-4-6(11)9-7(10)12/h4-6H,1-3H3,(H2,11,12,13);4-5H,1-3H3,(H2,10,11,12);3-5H,1-2H3,(H3,10,11,12,14);5H,1-4H3,(H,10,12,13);3-4H,1-2H3,(H3,9,11,12,14);4-5H,1-3H3,(H2,9,10,12);4-5H,1-3H3,(H,9,11,12). The van der Waals surface area contributed by atoms with Crippen LogP contribution in [0.4, 0.5) is 29.4 Å². The fourth-order valence-corrected chi connectivity index (χ4v) is 8.59. The largest absolute Gasteiger partial charge is 0.383 e. The van der Waals surface area contributed by atoms with Gasteiger partial charge >= 0.3 is 17.1 Å². The molecule has 93 heavy (non-hydrogen) atoms. The first-order valence-corrected chi connectivity index (χ1v) is 29.4. The zero-order valence-electron chi connectivity index (χ0n) is 56.6. The third kappa shape index (κ3) is 18.7. The molecule has 0 aliphatic heterocycles. The summed E-state index contributed by atoms with van der Waals surface area (Å²) in [4.78, 5) is 124. The second-order valence-electron chi connectivity index (χ2n) is 26.9. The smallest absolute Gasteiger partial charge is 0.349 e. The molecule has 0 radical (unpaired) electrons. The minimum Gasteiger partial charge on any atom is -0.383 e. The Morgan fingerprint density at radius 3 is 1.43 bits per heavy atom. The van der Waals surface area contributed by atoms with E-state index in [0.29, 0.717) is 44.9 Å². The number of nitrogens with one attached hydrogen (secondary N) is 4. The van der Waals surface area contributed by atoms with Gasteiger partial charge in [0.15, 0.2) is 22.6 Å². The van der Waals surface area contributed by atoms with E-state index in [1.165, 1.54) is 34.1 Å². The number of nitrogens with zero attached hydrogens (tertiary/aromatic N) is 16. The number of H-pyrrole nitrogens is 4. The molecule has 0 aliphatic rings. The number of fused-ring (bicyclic) bond motifs is 4. The molecule has 0 aromatic carbocycles. The fraction of sp³-hybridized carbons (Fsp3) is 0.443. The Hall–Kier alpha value is -10.8. The molecule has 11 aromatic heterocycles. The van der Waals surface area contributed by atoms with Crippen LogP contribution in [0.3, 0.4) is 0 Å². The summed E-state index contributed by atoms with van der Waals surface area (Å²) >= 11 is 0. The predicted octanol–water partition coefficient (Wildman–Crippen LogP) is 5.57. The van der Waals surface area contributed by atoms with Crippen molar-refractivity contribution in [1.82, 2.24) is 96.8 Å². The molecule has 32 heteroatoms. The third-order valence-corrected chi connectivity index (χ3v) is 13.4. The van der Waals surface area contributed by atoms with E-state index in [1.54, 1.807) is 53.2 Å². The monoisotopic (exact) mass is 1280 g/mol. The van der Waals surface area contributed by atoms with Crippen LogP contribution < -0.4 is 68.0 Å². The number of anilines is 5. The molecule has 0 bridgehead atoms. The summed E-state index contributed by atoms with van der Waals surface area (Å²) in [5.74, 6) is 1.50. The van der Waals surface area contributed by atoms with E-state index < -0.39 is 0 Å². The average Bonchev–Trinajstić information content (AvgIpc) is 1.70. The van der Waals surface area contributed by atoms with Gasteiger partial charge in [0.2, 0.25) is 11.9 Å². The van der Waals surface area contributed by atoms with Gasteiger partial charge in [-0.25, -0.2) is 44.3 Å². The SMILES string of the molecule is CC(C)(C)n1ccc(=O)[nH]c1=O.CC(C)(C)n1ccc(N)nc1=O.CC(C)(C)n1ccc2c(N)ncnc21.CC(C)(C)n1cnc2c(N)ncnc21.CC(C)n1ccc2c(=O)[nH]c(N)nc21.CC(C)n1cnc2c(=O)[nH]c(N)nc21.Cc1cn(C(C)(C)C)c(=O)[nH]c1=O. The summed E-state index contributed by atoms with van der Waals surface area (Å²) in [6.07, 6.45) is 14.9. The highest BCUT2D eigenvalue weighted by Gasteiger charge is 2.21. The van der Waals surface area contributed by atoms with Gasteiger partial charge in [-0.15, -0.1) is 0 Å². The lowest BCUT2D eigenvalue weighted by atomic mass is 10.1. The van der Waals surface area contributed by atoms with Crippen molar-refractivity contribution in [3.8, 4) is 0 Å². The molecule has 0 amide bonds. The van der Waals surface area contributed by atoms with Gasteiger partial charge in [-0.1, -0.05) is 0 Å². The Morgan fingerprint density at radius 1 is 0.409 bits per heavy atom. The molecule has 0 saturated carbocycles. The van der Waals surface area contributed by atoms with E-state index in [0.717, 1.165) is 16.7 Å². The van der Waals surface area contributed by atoms with Gasteiger partial charge in [-0.2, -0.15) is 15.0 Å². The Morgan fingerprint density at radius 2 is 0.892 bits per heavy atom. The van der Waals surface area contributed by atoms with Crippen molar-refractivity contribution in [2.45, 2.75) is 178 Å². The van der Waals surface area contributed by atoms with Crippen LogP contribution in [0.2, 0.25) is 0 Å². The maximum Gasteiger partial charge on any atom is 0.349 e. The van der Waals surface area contributed by atoms with Gasteiger partial charge in [0.05, 0.1) is 23.4 Å². The summed E-state index contributed by atoms with van der Waals surface area (Å²) in [5, 5.41) is 1.50. The molecule has 32 nitrogen and oxygen atoms in total. The number of imidazole rings is 2. The average molecular weight is 1280 g/mol. The van der Waals surface area contributed by atoms with Crippen molar-refractivity contribution in [3.63, 3.8) is 0 Å². The van der Waals surface area contributed by atoms with Crippen LogP contribution >= 0.6 is 0 Å². The van der Waals surface area contributed by atoms with Gasteiger partial charge in [0.1, 0.15) is 41.1 Å². The number of nitrogens with two attached hydrogens (primary N) is 5. The second kappa shape index (κ2) is 28.6. The normalized spacial score (nSPS) is 11.7. The first-order valence-electron chi connectivity index (χ1n) is 29.4. The Kier molecular flexibility index (Phi) is 22.4. The van der Waals surface area contributed by atoms with Crippen molar-refractivity contribution < 1.29 is 0 Å². The Labute approximate surface area is 534 Å². The van der Waals surface area contributed by atoms with Crippen LogP contribution in [0.15, 0.2) is 114 Å². The van der Waals surface area contributed by atoms with Gasteiger partial charge in [0, 0.05) is 82.4 Å². The number of hydrogen-bond donors (Lipinski definition) is 9. The molecule has 0 saturated heterocycles. The summed E-state index contributed by atoms with van der Waals surface area (Å²) in [6, 6.07) is 7.13. The van der Waals surface area contributed by atoms with Gasteiger partial charge in [-0.05, 0) is 157 Å². The molecule has 11 rings (SSSR count). The van der Waals surface area contributed by atoms with Crippen LogP contribution in [0.25, 0.3) is 44.4 Å². The highest BCUT2D eigenvalue weighted by Crippen LogP contribution is 2.25. The lowest BCUT2D eigenvalue weighted by Crippen LogP contribution is -2.39. The molecular weight excluding hydrogens is 1190 g/mol. The molecule has 0 atom stereocenters. The molecule has 0 unspecified atom stereocenters. The van der Waals surface area contributed by atoms with Crippen molar-refractivity contribution >= 4 is 73.7 Å². The lowest BCUT2D eigenvalue weighted by molar-refractivity contribution is 0.375. The van der Waals surface area contributed by atoms with E-state index in [9.17, 15) is 33.6 Å². The fourth-order valence-electron chi connectivity index (χ4n) is 8.59. The molecule has 0 fully saturated rings. The van der Waals surface area contributed by atoms with E-state index >= 15 is 0 Å². The lowest BCUT2D eigenvalue weighted by Gasteiger charge is -2.21. The summed E-state index contributed by atoms with van der Waals surface area (Å²) in [6.45, 7) is 39.6. The first-order chi connectivity index (χ1) is 42.8. The number of aromatic nitrogens is 20.